The number of ketones is 1. The molecule has 4 rings (SSSR count). The third kappa shape index (κ3) is 5.54. The van der Waals surface area contributed by atoms with Crippen LogP contribution in [0.4, 0.5) is 13.2 Å². The lowest BCUT2D eigenvalue weighted by atomic mass is 9.97. The first-order valence-corrected chi connectivity index (χ1v) is 11.3. The minimum Gasteiger partial charge on any atom is -0.294 e. The van der Waals surface area contributed by atoms with E-state index in [9.17, 15) is 18.0 Å². The third-order valence-corrected chi connectivity index (χ3v) is 6.19. The lowest BCUT2D eigenvalue weighted by Gasteiger charge is -2.30. The molecule has 34 heavy (non-hydrogen) atoms. The number of carbonyl (C=O) groups is 1. The Kier molecular flexibility index (Phi) is 7.13. The second-order valence-corrected chi connectivity index (χ2v) is 8.45. The molecule has 0 bridgehead atoms. The van der Waals surface area contributed by atoms with Crippen molar-refractivity contribution in [3.63, 3.8) is 0 Å². The minimum atomic E-state index is -4.47. The van der Waals surface area contributed by atoms with Crippen LogP contribution in [0.25, 0.3) is 10.8 Å². The standard InChI is InChI=1S/C29H26F3NO/c1-21(26-16-8-12-23-11-5-6-15-27(23)26)33(20-22-9-3-2-4-10-22)18-17-28(34)24-13-7-14-25(19-24)29(30,31)32/h2-16,19,21H,17-18,20H2,1H3/t21-/m1/s1. The zero-order valence-electron chi connectivity index (χ0n) is 18.9. The minimum absolute atomic E-state index is 0.000570. The maximum absolute atomic E-state index is 13.1. The van der Waals surface area contributed by atoms with E-state index < -0.39 is 11.7 Å². The van der Waals surface area contributed by atoms with E-state index in [1.54, 1.807) is 0 Å². The maximum Gasteiger partial charge on any atom is 0.416 e. The molecule has 0 heterocycles. The molecule has 0 unspecified atom stereocenters. The molecular weight excluding hydrogens is 435 g/mol. The topological polar surface area (TPSA) is 20.3 Å². The SMILES string of the molecule is C[C@H](c1cccc2ccccc12)N(CCC(=O)c1cccc(C(F)(F)F)c1)Cc1ccccc1. The van der Waals surface area contributed by atoms with Crippen LogP contribution in [-0.4, -0.2) is 17.2 Å². The van der Waals surface area contributed by atoms with Gasteiger partial charge in [0.2, 0.25) is 0 Å². The molecule has 0 spiro atoms. The van der Waals surface area contributed by atoms with Crippen molar-refractivity contribution in [1.29, 1.82) is 0 Å². The van der Waals surface area contributed by atoms with Gasteiger partial charge < -0.3 is 0 Å². The van der Waals surface area contributed by atoms with Crippen molar-refractivity contribution < 1.29 is 18.0 Å². The Morgan fingerprint density at radius 1 is 0.853 bits per heavy atom. The van der Waals surface area contributed by atoms with Gasteiger partial charge in [-0.2, -0.15) is 13.2 Å². The van der Waals surface area contributed by atoms with Crippen molar-refractivity contribution in [3.8, 4) is 0 Å². The molecule has 5 heteroatoms. The molecule has 0 N–H and O–H groups in total. The molecule has 0 amide bonds. The first-order chi connectivity index (χ1) is 16.3. The molecular formula is C29H26F3NO. The Bertz CT molecular complexity index is 1260. The van der Waals surface area contributed by atoms with Gasteiger partial charge in [-0.05, 0) is 41.0 Å². The van der Waals surface area contributed by atoms with Crippen LogP contribution in [0.2, 0.25) is 0 Å². The van der Waals surface area contributed by atoms with E-state index in [4.69, 9.17) is 0 Å². The summed E-state index contributed by atoms with van der Waals surface area (Å²) in [5, 5.41) is 2.30. The highest BCUT2D eigenvalue weighted by Gasteiger charge is 2.31. The number of alkyl halides is 3. The van der Waals surface area contributed by atoms with Gasteiger partial charge in [0.1, 0.15) is 0 Å². The molecule has 4 aromatic carbocycles. The van der Waals surface area contributed by atoms with Gasteiger partial charge in [-0.15, -0.1) is 0 Å². The van der Waals surface area contributed by atoms with Crippen LogP contribution in [0.5, 0.6) is 0 Å². The molecule has 0 saturated carbocycles. The molecule has 0 saturated heterocycles. The number of fused-ring (bicyclic) bond motifs is 1. The fraction of sp³-hybridized carbons (Fsp3) is 0.207. The number of hydrogen-bond donors (Lipinski definition) is 0. The van der Waals surface area contributed by atoms with Crippen LogP contribution in [0.3, 0.4) is 0 Å². The number of rotatable bonds is 8. The Hall–Kier alpha value is -3.44. The highest BCUT2D eigenvalue weighted by Crippen LogP contribution is 2.31. The largest absolute Gasteiger partial charge is 0.416 e. The number of Topliss-reactive ketones (excluding diaryl/α,β-unsaturated/α-hetero) is 1. The van der Waals surface area contributed by atoms with E-state index in [1.165, 1.54) is 12.1 Å². The smallest absolute Gasteiger partial charge is 0.294 e. The summed E-state index contributed by atoms with van der Waals surface area (Å²) < 4.78 is 39.3. The zero-order valence-corrected chi connectivity index (χ0v) is 18.9. The summed E-state index contributed by atoms with van der Waals surface area (Å²) in [5.74, 6) is -0.297. The lowest BCUT2D eigenvalue weighted by Crippen LogP contribution is -2.29. The second kappa shape index (κ2) is 10.2. The summed E-state index contributed by atoms with van der Waals surface area (Å²) in [5.41, 5.74) is 1.55. The highest BCUT2D eigenvalue weighted by atomic mass is 19.4. The summed E-state index contributed by atoms with van der Waals surface area (Å²) in [4.78, 5) is 15.1. The summed E-state index contributed by atoms with van der Waals surface area (Å²) in [6.45, 7) is 3.16. The molecule has 0 aliphatic rings. The average Bonchev–Trinajstić information content (AvgIpc) is 2.85. The fourth-order valence-electron chi connectivity index (χ4n) is 4.30. The van der Waals surface area contributed by atoms with Crippen molar-refractivity contribution >= 4 is 16.6 Å². The summed E-state index contributed by atoms with van der Waals surface area (Å²) in [6.07, 6.45) is -4.35. The normalized spacial score (nSPS) is 12.7. The monoisotopic (exact) mass is 461 g/mol. The fourth-order valence-corrected chi connectivity index (χ4v) is 4.30. The Labute approximate surface area is 197 Å². The first kappa shape index (κ1) is 23.7. The maximum atomic E-state index is 13.1. The molecule has 4 aromatic rings. The van der Waals surface area contributed by atoms with Crippen LogP contribution in [-0.2, 0) is 12.7 Å². The van der Waals surface area contributed by atoms with Gasteiger partial charge in [0.25, 0.3) is 0 Å². The van der Waals surface area contributed by atoms with Crippen molar-refractivity contribution in [2.75, 3.05) is 6.54 Å². The third-order valence-electron chi connectivity index (χ3n) is 6.19. The van der Waals surface area contributed by atoms with E-state index in [1.807, 2.05) is 48.5 Å². The van der Waals surface area contributed by atoms with Crippen LogP contribution >= 0.6 is 0 Å². The summed E-state index contributed by atoms with van der Waals surface area (Å²) >= 11 is 0. The van der Waals surface area contributed by atoms with Crippen molar-refractivity contribution in [3.05, 3.63) is 119 Å². The molecule has 0 aliphatic carbocycles. The van der Waals surface area contributed by atoms with Gasteiger partial charge in [0.15, 0.2) is 5.78 Å². The predicted octanol–water partition coefficient (Wildman–Crippen LogP) is 7.69. The van der Waals surface area contributed by atoms with E-state index in [0.717, 1.165) is 34.0 Å². The number of halogens is 3. The van der Waals surface area contributed by atoms with E-state index >= 15 is 0 Å². The van der Waals surface area contributed by atoms with Crippen LogP contribution in [0.1, 0.15) is 46.4 Å². The quantitative estimate of drug-likeness (QED) is 0.251. The van der Waals surface area contributed by atoms with Crippen LogP contribution < -0.4 is 0 Å². The molecule has 1 atom stereocenters. The Balaban J connectivity index is 1.58. The van der Waals surface area contributed by atoms with Gasteiger partial charge in [0, 0.05) is 31.1 Å². The lowest BCUT2D eigenvalue weighted by molar-refractivity contribution is -0.137. The Morgan fingerprint density at radius 3 is 2.29 bits per heavy atom. The number of hydrogen-bond acceptors (Lipinski definition) is 2. The number of carbonyl (C=O) groups excluding carboxylic acids is 1. The Morgan fingerprint density at radius 2 is 1.53 bits per heavy atom. The predicted molar refractivity (Wildman–Crippen MR) is 130 cm³/mol. The van der Waals surface area contributed by atoms with E-state index in [2.05, 4.69) is 36.1 Å². The van der Waals surface area contributed by atoms with Gasteiger partial charge in [-0.1, -0.05) is 84.9 Å². The van der Waals surface area contributed by atoms with Gasteiger partial charge in [-0.25, -0.2) is 0 Å². The zero-order chi connectivity index (χ0) is 24.1. The van der Waals surface area contributed by atoms with Crippen molar-refractivity contribution in [1.82, 2.24) is 4.90 Å². The first-order valence-electron chi connectivity index (χ1n) is 11.3. The molecule has 0 aromatic heterocycles. The molecule has 0 fully saturated rings. The van der Waals surface area contributed by atoms with Crippen LogP contribution in [0, 0.1) is 0 Å². The van der Waals surface area contributed by atoms with E-state index in [-0.39, 0.29) is 23.8 Å². The van der Waals surface area contributed by atoms with Gasteiger partial charge in [0.05, 0.1) is 5.56 Å². The van der Waals surface area contributed by atoms with Gasteiger partial charge >= 0.3 is 6.18 Å². The van der Waals surface area contributed by atoms with Crippen molar-refractivity contribution in [2.24, 2.45) is 0 Å². The highest BCUT2D eigenvalue weighted by molar-refractivity contribution is 5.96. The van der Waals surface area contributed by atoms with Gasteiger partial charge in [-0.3, -0.25) is 9.69 Å². The average molecular weight is 462 g/mol. The molecule has 174 valence electrons. The summed E-state index contributed by atoms with van der Waals surface area (Å²) in [7, 11) is 0. The number of nitrogens with zero attached hydrogens (tertiary/aromatic N) is 1. The molecule has 2 nitrogen and oxygen atoms in total. The number of benzene rings is 4. The van der Waals surface area contributed by atoms with Crippen LogP contribution in [0.15, 0.2) is 97.1 Å². The molecule has 0 radical (unpaired) electrons. The molecule has 0 aliphatic heterocycles. The summed E-state index contributed by atoms with van der Waals surface area (Å²) in [6, 6.07) is 29.0. The van der Waals surface area contributed by atoms with E-state index in [0.29, 0.717) is 13.1 Å². The van der Waals surface area contributed by atoms with Crippen molar-refractivity contribution in [2.45, 2.75) is 32.1 Å². The second-order valence-electron chi connectivity index (χ2n) is 8.45.